The molecule has 0 atom stereocenters. The minimum absolute atomic E-state index is 0.0358. The summed E-state index contributed by atoms with van der Waals surface area (Å²) in [6, 6.07) is -0.235. The van der Waals surface area contributed by atoms with Gasteiger partial charge in [-0.15, -0.1) is 0 Å². The van der Waals surface area contributed by atoms with Gasteiger partial charge in [-0.3, -0.25) is 14.5 Å². The highest BCUT2D eigenvalue weighted by atomic mass is 16.2. The molecular weight excluding hydrogens is 198 g/mol. The molecule has 2 amide bonds. The molecule has 1 aliphatic rings. The molecule has 15 heavy (non-hydrogen) atoms. The maximum absolute atomic E-state index is 11.7. The lowest BCUT2D eigenvalue weighted by Gasteiger charge is -2.17. The van der Waals surface area contributed by atoms with E-state index in [-0.39, 0.29) is 17.3 Å². The third kappa shape index (κ3) is 1.25. The Bertz CT molecular complexity index is 504. The lowest BCUT2D eigenvalue weighted by molar-refractivity contribution is 0.0607. The number of rotatable bonds is 1. The van der Waals surface area contributed by atoms with Gasteiger partial charge in [0.2, 0.25) is 0 Å². The minimum Gasteiger partial charge on any atom is -0.300 e. The fourth-order valence-electron chi connectivity index (χ4n) is 1.54. The molecule has 0 fully saturated rings. The molecule has 6 heteroatoms. The molecule has 2 rings (SSSR count). The van der Waals surface area contributed by atoms with Crippen LogP contribution in [0.15, 0.2) is 11.0 Å². The number of carbonyl (C=O) groups excluding carboxylic acids is 2. The molecule has 1 aromatic rings. The van der Waals surface area contributed by atoms with Crippen molar-refractivity contribution in [3.63, 3.8) is 0 Å². The molecule has 2 heterocycles. The zero-order valence-electron chi connectivity index (χ0n) is 8.27. The first-order chi connectivity index (χ1) is 7.02. The van der Waals surface area contributed by atoms with Gasteiger partial charge in [-0.2, -0.15) is 0 Å². The van der Waals surface area contributed by atoms with E-state index in [9.17, 15) is 14.4 Å². The Morgan fingerprint density at radius 2 is 1.93 bits per heavy atom. The number of hydrogen-bond acceptors (Lipinski definition) is 4. The average Bonchev–Trinajstić information content (AvgIpc) is 2.39. The van der Waals surface area contributed by atoms with Crippen LogP contribution < -0.4 is 5.69 Å². The number of aromatic amines is 1. The molecule has 0 radical (unpaired) electrons. The summed E-state index contributed by atoms with van der Waals surface area (Å²) in [7, 11) is 0. The highest BCUT2D eigenvalue weighted by Crippen LogP contribution is 2.20. The molecular formula is C9H9N3O3. The summed E-state index contributed by atoms with van der Waals surface area (Å²) in [6.07, 6.45) is 1.14. The molecule has 0 aromatic carbocycles. The summed E-state index contributed by atoms with van der Waals surface area (Å²) < 4.78 is 0. The van der Waals surface area contributed by atoms with Gasteiger partial charge in [0.15, 0.2) is 0 Å². The molecule has 1 aromatic heterocycles. The number of imide groups is 1. The summed E-state index contributed by atoms with van der Waals surface area (Å²) in [5.41, 5.74) is -0.428. The summed E-state index contributed by atoms with van der Waals surface area (Å²) >= 11 is 0. The maximum atomic E-state index is 11.7. The summed E-state index contributed by atoms with van der Waals surface area (Å²) in [4.78, 5) is 41.1. The van der Waals surface area contributed by atoms with E-state index in [0.29, 0.717) is 0 Å². The van der Waals surface area contributed by atoms with E-state index in [1.807, 2.05) is 0 Å². The van der Waals surface area contributed by atoms with Crippen LogP contribution in [-0.4, -0.2) is 32.7 Å². The lowest BCUT2D eigenvalue weighted by Crippen LogP contribution is -2.36. The zero-order chi connectivity index (χ0) is 11.2. The first kappa shape index (κ1) is 9.57. The van der Waals surface area contributed by atoms with Gasteiger partial charge >= 0.3 is 5.69 Å². The normalized spacial score (nSPS) is 15.0. The van der Waals surface area contributed by atoms with Crippen molar-refractivity contribution in [2.75, 3.05) is 0 Å². The first-order valence-corrected chi connectivity index (χ1v) is 4.49. The van der Waals surface area contributed by atoms with E-state index in [4.69, 9.17) is 0 Å². The number of nitrogens with zero attached hydrogens (tertiary/aromatic N) is 2. The zero-order valence-corrected chi connectivity index (χ0v) is 8.27. The van der Waals surface area contributed by atoms with Crippen LogP contribution in [0, 0.1) is 0 Å². The topological polar surface area (TPSA) is 83.1 Å². The van der Waals surface area contributed by atoms with Crippen molar-refractivity contribution in [2.45, 2.75) is 19.9 Å². The third-order valence-electron chi connectivity index (χ3n) is 2.21. The Kier molecular flexibility index (Phi) is 1.92. The number of carbonyl (C=O) groups is 2. The predicted molar refractivity (Wildman–Crippen MR) is 50.5 cm³/mol. The van der Waals surface area contributed by atoms with E-state index < -0.39 is 17.5 Å². The highest BCUT2D eigenvalue weighted by Gasteiger charge is 2.38. The van der Waals surface area contributed by atoms with Gasteiger partial charge in [-0.25, -0.2) is 9.78 Å². The van der Waals surface area contributed by atoms with Crippen LogP contribution in [-0.2, 0) is 0 Å². The van der Waals surface area contributed by atoms with Crippen molar-refractivity contribution in [1.82, 2.24) is 14.9 Å². The standard InChI is InChI=1S/C9H9N3O3/c1-4(2)12-7(13)5-3-10-9(15)11-6(5)8(12)14/h3-4H,1-2H3,(H,10,11,15). The second-order valence-corrected chi connectivity index (χ2v) is 3.55. The summed E-state index contributed by atoms with van der Waals surface area (Å²) in [5, 5.41) is 0. The van der Waals surface area contributed by atoms with Gasteiger partial charge in [-0.1, -0.05) is 0 Å². The Labute approximate surface area is 84.9 Å². The highest BCUT2D eigenvalue weighted by molar-refractivity contribution is 6.20. The Balaban J connectivity index is 2.61. The molecule has 0 bridgehead atoms. The van der Waals surface area contributed by atoms with Crippen molar-refractivity contribution in [3.05, 3.63) is 27.9 Å². The van der Waals surface area contributed by atoms with Gasteiger partial charge in [0, 0.05) is 12.2 Å². The third-order valence-corrected chi connectivity index (χ3v) is 2.21. The van der Waals surface area contributed by atoms with E-state index in [2.05, 4.69) is 9.97 Å². The van der Waals surface area contributed by atoms with Crippen molar-refractivity contribution < 1.29 is 9.59 Å². The quantitative estimate of drug-likeness (QED) is 0.645. The van der Waals surface area contributed by atoms with Gasteiger partial charge in [-0.05, 0) is 13.8 Å². The maximum Gasteiger partial charge on any atom is 0.345 e. The van der Waals surface area contributed by atoms with Crippen molar-refractivity contribution >= 4 is 11.8 Å². The van der Waals surface area contributed by atoms with Crippen molar-refractivity contribution in [2.24, 2.45) is 0 Å². The Morgan fingerprint density at radius 3 is 2.53 bits per heavy atom. The molecule has 0 aliphatic carbocycles. The van der Waals surface area contributed by atoms with Gasteiger partial charge in [0.1, 0.15) is 5.69 Å². The SMILES string of the molecule is CC(C)N1C(=O)c2cnc(=O)[nH]c2C1=O. The fraction of sp³-hybridized carbons (Fsp3) is 0.333. The second-order valence-electron chi connectivity index (χ2n) is 3.55. The molecule has 78 valence electrons. The smallest absolute Gasteiger partial charge is 0.300 e. The van der Waals surface area contributed by atoms with Crippen LogP contribution >= 0.6 is 0 Å². The van der Waals surface area contributed by atoms with Crippen molar-refractivity contribution in [3.8, 4) is 0 Å². The van der Waals surface area contributed by atoms with Crippen molar-refractivity contribution in [1.29, 1.82) is 0 Å². The minimum atomic E-state index is -0.625. The Hall–Kier alpha value is -1.98. The van der Waals surface area contributed by atoms with E-state index >= 15 is 0 Å². The molecule has 0 saturated carbocycles. The van der Waals surface area contributed by atoms with Crippen LogP contribution in [0.5, 0.6) is 0 Å². The van der Waals surface area contributed by atoms with E-state index in [1.165, 1.54) is 0 Å². The number of H-pyrrole nitrogens is 1. The molecule has 0 spiro atoms. The van der Waals surface area contributed by atoms with E-state index in [1.54, 1.807) is 13.8 Å². The number of fused-ring (bicyclic) bond motifs is 1. The first-order valence-electron chi connectivity index (χ1n) is 4.49. The fourth-order valence-corrected chi connectivity index (χ4v) is 1.54. The van der Waals surface area contributed by atoms with Crippen LogP contribution in [0.4, 0.5) is 0 Å². The van der Waals surface area contributed by atoms with Crippen LogP contribution in [0.2, 0.25) is 0 Å². The number of nitrogens with one attached hydrogen (secondary N) is 1. The average molecular weight is 207 g/mol. The number of amides is 2. The Morgan fingerprint density at radius 1 is 1.27 bits per heavy atom. The lowest BCUT2D eigenvalue weighted by atomic mass is 10.3. The van der Waals surface area contributed by atoms with E-state index in [0.717, 1.165) is 11.1 Å². The molecule has 0 saturated heterocycles. The second kappa shape index (κ2) is 3.01. The van der Waals surface area contributed by atoms with Gasteiger partial charge in [0.05, 0.1) is 5.56 Å². The largest absolute Gasteiger partial charge is 0.345 e. The summed E-state index contributed by atoms with van der Waals surface area (Å²) in [6.45, 7) is 3.46. The monoisotopic (exact) mass is 207 g/mol. The number of hydrogen-bond donors (Lipinski definition) is 1. The molecule has 6 nitrogen and oxygen atoms in total. The van der Waals surface area contributed by atoms with Gasteiger partial charge in [0.25, 0.3) is 11.8 Å². The molecule has 0 unspecified atom stereocenters. The molecule has 1 aliphatic heterocycles. The molecule has 1 N–H and O–H groups in total. The summed E-state index contributed by atoms with van der Waals surface area (Å²) in [5.74, 6) is -0.877. The van der Waals surface area contributed by atoms with Gasteiger partial charge < -0.3 is 4.98 Å². The van der Waals surface area contributed by atoms with Crippen LogP contribution in [0.3, 0.4) is 0 Å². The van der Waals surface area contributed by atoms with Crippen LogP contribution in [0.25, 0.3) is 0 Å². The number of aromatic nitrogens is 2. The van der Waals surface area contributed by atoms with Crippen LogP contribution in [0.1, 0.15) is 34.7 Å². The predicted octanol–water partition coefficient (Wildman–Crippen LogP) is -0.226.